The van der Waals surface area contributed by atoms with Crippen LogP contribution < -0.4 is 0 Å². The van der Waals surface area contributed by atoms with Crippen LogP contribution in [0, 0.1) is 5.82 Å². The molecule has 0 atom stereocenters. The van der Waals surface area contributed by atoms with Crippen LogP contribution in [-0.2, 0) is 7.05 Å². The van der Waals surface area contributed by atoms with Crippen LogP contribution in [0.1, 0.15) is 10.5 Å². The Hall–Kier alpha value is -2.63. The van der Waals surface area contributed by atoms with Crippen molar-refractivity contribution < 1.29 is 14.3 Å². The number of benzene rings is 1. The average Bonchev–Trinajstić information content (AvgIpc) is 2.93. The van der Waals surface area contributed by atoms with Crippen LogP contribution >= 0.6 is 0 Å². The number of carboxylic acids is 1. The van der Waals surface area contributed by atoms with Crippen LogP contribution in [0.5, 0.6) is 0 Å². The SMILES string of the molecule is Cn1nc(-c2cc3c(F)cccc3[nH]2)cc1C(=O)O. The van der Waals surface area contributed by atoms with E-state index < -0.39 is 5.97 Å². The third-order valence-corrected chi connectivity index (χ3v) is 2.99. The van der Waals surface area contributed by atoms with Crippen LogP contribution in [0.25, 0.3) is 22.3 Å². The minimum Gasteiger partial charge on any atom is -0.477 e. The third kappa shape index (κ3) is 1.77. The summed E-state index contributed by atoms with van der Waals surface area (Å²) in [7, 11) is 1.55. The first-order valence-electron chi connectivity index (χ1n) is 5.61. The van der Waals surface area contributed by atoms with Crippen LogP contribution in [-0.4, -0.2) is 25.8 Å². The molecule has 1 aromatic carbocycles. The van der Waals surface area contributed by atoms with Gasteiger partial charge in [0.2, 0.25) is 0 Å². The molecule has 0 bridgehead atoms. The zero-order chi connectivity index (χ0) is 13.6. The van der Waals surface area contributed by atoms with Gasteiger partial charge >= 0.3 is 5.97 Å². The summed E-state index contributed by atoms with van der Waals surface area (Å²) >= 11 is 0. The molecule has 0 amide bonds. The molecule has 0 radical (unpaired) electrons. The molecular formula is C13H10FN3O2. The van der Waals surface area contributed by atoms with Crippen LogP contribution in [0.3, 0.4) is 0 Å². The Labute approximate surface area is 107 Å². The van der Waals surface area contributed by atoms with Crippen molar-refractivity contribution >= 4 is 16.9 Å². The predicted molar refractivity (Wildman–Crippen MR) is 67.4 cm³/mol. The number of aromatic amines is 1. The monoisotopic (exact) mass is 259 g/mol. The largest absolute Gasteiger partial charge is 0.477 e. The second-order valence-corrected chi connectivity index (χ2v) is 4.23. The number of aromatic nitrogens is 3. The van der Waals surface area contributed by atoms with E-state index in [9.17, 15) is 9.18 Å². The van der Waals surface area contributed by atoms with Gasteiger partial charge in [0, 0.05) is 24.0 Å². The van der Waals surface area contributed by atoms with E-state index in [1.807, 2.05) is 0 Å². The summed E-state index contributed by atoms with van der Waals surface area (Å²) in [6.07, 6.45) is 0. The highest BCUT2D eigenvalue weighted by atomic mass is 19.1. The number of hydrogen-bond donors (Lipinski definition) is 2. The van der Waals surface area contributed by atoms with E-state index in [1.54, 1.807) is 25.2 Å². The van der Waals surface area contributed by atoms with E-state index in [-0.39, 0.29) is 11.5 Å². The van der Waals surface area contributed by atoms with Crippen LogP contribution in [0.2, 0.25) is 0 Å². The molecule has 0 aliphatic rings. The first-order chi connectivity index (χ1) is 9.06. The highest BCUT2D eigenvalue weighted by molar-refractivity contribution is 5.89. The quantitative estimate of drug-likeness (QED) is 0.742. The van der Waals surface area contributed by atoms with Crippen molar-refractivity contribution in [3.63, 3.8) is 0 Å². The topological polar surface area (TPSA) is 70.9 Å². The number of carbonyl (C=O) groups is 1. The highest BCUT2D eigenvalue weighted by Crippen LogP contribution is 2.25. The van der Waals surface area contributed by atoms with Crippen molar-refractivity contribution in [1.82, 2.24) is 14.8 Å². The molecule has 6 heteroatoms. The third-order valence-electron chi connectivity index (χ3n) is 2.99. The molecule has 3 aromatic rings. The Kier molecular flexibility index (Phi) is 2.38. The summed E-state index contributed by atoms with van der Waals surface area (Å²) in [5.74, 6) is -1.38. The van der Waals surface area contributed by atoms with Crippen molar-refractivity contribution in [2.45, 2.75) is 0 Å². The fourth-order valence-corrected chi connectivity index (χ4v) is 2.06. The second-order valence-electron chi connectivity index (χ2n) is 4.23. The van der Waals surface area contributed by atoms with Gasteiger partial charge in [-0.2, -0.15) is 5.10 Å². The van der Waals surface area contributed by atoms with Crippen molar-refractivity contribution in [3.05, 3.63) is 41.8 Å². The number of aromatic carboxylic acids is 1. The van der Waals surface area contributed by atoms with Gasteiger partial charge in [-0.05, 0) is 18.2 Å². The smallest absolute Gasteiger partial charge is 0.354 e. The summed E-state index contributed by atoms with van der Waals surface area (Å²) in [5, 5.41) is 13.5. The van der Waals surface area contributed by atoms with Gasteiger partial charge in [-0.1, -0.05) is 6.07 Å². The van der Waals surface area contributed by atoms with E-state index in [0.29, 0.717) is 22.3 Å². The maximum atomic E-state index is 13.6. The number of H-pyrrole nitrogens is 1. The van der Waals surface area contributed by atoms with Gasteiger partial charge in [-0.15, -0.1) is 0 Å². The number of aryl methyl sites for hydroxylation is 1. The number of hydrogen-bond acceptors (Lipinski definition) is 2. The van der Waals surface area contributed by atoms with Crippen molar-refractivity contribution in [2.75, 3.05) is 0 Å². The number of nitrogens with one attached hydrogen (secondary N) is 1. The normalized spacial score (nSPS) is 11.1. The van der Waals surface area contributed by atoms with Gasteiger partial charge < -0.3 is 10.1 Å². The molecule has 2 N–H and O–H groups in total. The number of carboxylic acid groups (broad SMARTS) is 1. The molecule has 0 aliphatic carbocycles. The van der Waals surface area contributed by atoms with Crippen LogP contribution in [0.15, 0.2) is 30.3 Å². The Morgan fingerprint density at radius 2 is 2.21 bits per heavy atom. The number of nitrogens with zero attached hydrogens (tertiary/aromatic N) is 2. The lowest BCUT2D eigenvalue weighted by molar-refractivity contribution is 0.0685. The standard InChI is InChI=1S/C13H10FN3O2/c1-17-12(13(18)19)6-11(16-17)10-5-7-8(14)3-2-4-9(7)15-10/h2-6,15H,1H3,(H,18,19). The van der Waals surface area contributed by atoms with Crippen molar-refractivity contribution in [2.24, 2.45) is 7.05 Å². The molecule has 0 spiro atoms. The molecule has 2 heterocycles. The number of halogens is 1. The van der Waals surface area contributed by atoms with Gasteiger partial charge in [0.25, 0.3) is 0 Å². The van der Waals surface area contributed by atoms with Gasteiger partial charge in [0.05, 0.1) is 5.69 Å². The Morgan fingerprint density at radius 1 is 1.42 bits per heavy atom. The Balaban J connectivity index is 2.17. The zero-order valence-corrected chi connectivity index (χ0v) is 10.0. The second kappa shape index (κ2) is 3.94. The molecule has 5 nitrogen and oxygen atoms in total. The summed E-state index contributed by atoms with van der Waals surface area (Å²) in [5.41, 5.74) is 1.78. The van der Waals surface area contributed by atoms with Crippen molar-refractivity contribution in [3.8, 4) is 11.4 Å². The lowest BCUT2D eigenvalue weighted by Gasteiger charge is -1.91. The van der Waals surface area contributed by atoms with E-state index in [2.05, 4.69) is 10.1 Å². The maximum absolute atomic E-state index is 13.6. The Morgan fingerprint density at radius 3 is 2.84 bits per heavy atom. The first-order valence-corrected chi connectivity index (χ1v) is 5.61. The maximum Gasteiger partial charge on any atom is 0.354 e. The van der Waals surface area contributed by atoms with Gasteiger partial charge in [0.1, 0.15) is 17.2 Å². The molecule has 0 aliphatic heterocycles. The first kappa shape index (κ1) is 11.5. The number of rotatable bonds is 2. The lowest BCUT2D eigenvalue weighted by atomic mass is 10.2. The van der Waals surface area contributed by atoms with E-state index in [0.717, 1.165) is 0 Å². The summed E-state index contributed by atoms with van der Waals surface area (Å²) in [6, 6.07) is 7.81. The molecule has 0 saturated carbocycles. The molecule has 2 aromatic heterocycles. The minimum atomic E-state index is -1.05. The number of fused-ring (bicyclic) bond motifs is 1. The fourth-order valence-electron chi connectivity index (χ4n) is 2.06. The van der Waals surface area contributed by atoms with Crippen LogP contribution in [0.4, 0.5) is 4.39 Å². The van der Waals surface area contributed by atoms with Crippen molar-refractivity contribution in [1.29, 1.82) is 0 Å². The lowest BCUT2D eigenvalue weighted by Crippen LogP contribution is -2.04. The highest BCUT2D eigenvalue weighted by Gasteiger charge is 2.15. The zero-order valence-electron chi connectivity index (χ0n) is 10.0. The van der Waals surface area contributed by atoms with Gasteiger partial charge in [-0.3, -0.25) is 4.68 Å². The predicted octanol–water partition coefficient (Wildman–Crippen LogP) is 2.41. The molecular weight excluding hydrogens is 249 g/mol. The molecule has 3 rings (SSSR count). The Bertz CT molecular complexity index is 788. The summed E-state index contributed by atoms with van der Waals surface area (Å²) in [4.78, 5) is 14.0. The fraction of sp³-hybridized carbons (Fsp3) is 0.0769. The molecule has 19 heavy (non-hydrogen) atoms. The molecule has 96 valence electrons. The molecule has 0 saturated heterocycles. The van der Waals surface area contributed by atoms with Gasteiger partial charge in [0.15, 0.2) is 0 Å². The van der Waals surface area contributed by atoms with E-state index in [1.165, 1.54) is 16.8 Å². The summed E-state index contributed by atoms with van der Waals surface area (Å²) < 4.78 is 14.9. The van der Waals surface area contributed by atoms with E-state index in [4.69, 9.17) is 5.11 Å². The van der Waals surface area contributed by atoms with Gasteiger partial charge in [-0.25, -0.2) is 9.18 Å². The average molecular weight is 259 g/mol. The molecule has 0 fully saturated rings. The summed E-state index contributed by atoms with van der Waals surface area (Å²) in [6.45, 7) is 0. The minimum absolute atomic E-state index is 0.0779. The van der Waals surface area contributed by atoms with E-state index >= 15 is 0 Å². The molecule has 0 unspecified atom stereocenters.